The second-order valence-corrected chi connectivity index (χ2v) is 8.68. The van der Waals surface area contributed by atoms with E-state index in [1.165, 1.54) is 0 Å². The van der Waals surface area contributed by atoms with Crippen LogP contribution in [0.15, 0.2) is 23.2 Å². The van der Waals surface area contributed by atoms with Crippen molar-refractivity contribution < 1.29 is 9.53 Å². The molecule has 0 aliphatic carbocycles. The Bertz CT molecular complexity index is 661. The van der Waals surface area contributed by atoms with Crippen molar-refractivity contribution in [2.75, 3.05) is 20.1 Å². The van der Waals surface area contributed by atoms with E-state index in [0.29, 0.717) is 25.6 Å². The first kappa shape index (κ1) is 26.5. The summed E-state index contributed by atoms with van der Waals surface area (Å²) in [5.41, 5.74) is 1.59. The second kappa shape index (κ2) is 11.5. The number of hydrogen-bond acceptors (Lipinski definition) is 3. The highest BCUT2D eigenvalue weighted by Crippen LogP contribution is 2.24. The Kier molecular flexibility index (Phi) is 10.9. The molecule has 0 aromatic heterocycles. The molecule has 1 aromatic rings. The van der Waals surface area contributed by atoms with Crippen molar-refractivity contribution in [3.8, 4) is 5.75 Å². The molecule has 0 saturated carbocycles. The van der Waals surface area contributed by atoms with E-state index in [-0.39, 0.29) is 40.9 Å². The van der Waals surface area contributed by atoms with Gasteiger partial charge in [-0.25, -0.2) is 0 Å². The Morgan fingerprint density at radius 3 is 2.18 bits per heavy atom. The first-order valence-electron chi connectivity index (χ1n) is 9.44. The first-order valence-corrected chi connectivity index (χ1v) is 9.44. The van der Waals surface area contributed by atoms with Gasteiger partial charge in [-0.05, 0) is 39.3 Å². The number of hydrogen-bond donors (Lipinski definition) is 3. The number of aryl methyl sites for hydroxylation is 1. The lowest BCUT2D eigenvalue weighted by Gasteiger charge is -2.24. The fourth-order valence-corrected chi connectivity index (χ4v) is 2.25. The lowest BCUT2D eigenvalue weighted by atomic mass is 9.96. The van der Waals surface area contributed by atoms with Crippen LogP contribution in [0.3, 0.4) is 0 Å². The van der Waals surface area contributed by atoms with Crippen LogP contribution in [-0.2, 0) is 11.3 Å². The van der Waals surface area contributed by atoms with Crippen molar-refractivity contribution in [2.24, 2.45) is 10.4 Å². The van der Waals surface area contributed by atoms with Gasteiger partial charge in [0.05, 0.1) is 0 Å². The third-order valence-electron chi connectivity index (χ3n) is 3.69. The van der Waals surface area contributed by atoms with Gasteiger partial charge in [-0.3, -0.25) is 9.79 Å². The molecule has 0 radical (unpaired) electrons. The van der Waals surface area contributed by atoms with Crippen LogP contribution in [0.2, 0.25) is 0 Å². The number of ether oxygens (including phenoxy) is 1. The standard InChI is InChI=1S/C21H36N4O2.HI/c1-15-9-10-16(17(13-15)27-21(5,6)7)14-25-19(22-8)24-12-11-23-18(26)20(2,3)4;/h9-10,13H,11-12,14H2,1-8H3,(H,23,26)(H2,22,24,25);1H. The summed E-state index contributed by atoms with van der Waals surface area (Å²) in [6.07, 6.45) is 0. The third kappa shape index (κ3) is 10.1. The molecule has 7 heteroatoms. The van der Waals surface area contributed by atoms with Crippen molar-refractivity contribution in [2.45, 2.75) is 60.6 Å². The zero-order valence-corrected chi connectivity index (χ0v) is 20.9. The normalized spacial score (nSPS) is 12.1. The summed E-state index contributed by atoms with van der Waals surface area (Å²) in [4.78, 5) is 16.1. The van der Waals surface area contributed by atoms with Crippen molar-refractivity contribution in [1.82, 2.24) is 16.0 Å². The van der Waals surface area contributed by atoms with Crippen molar-refractivity contribution in [1.29, 1.82) is 0 Å². The summed E-state index contributed by atoms with van der Waals surface area (Å²) in [6, 6.07) is 6.20. The highest BCUT2D eigenvalue weighted by Gasteiger charge is 2.20. The van der Waals surface area contributed by atoms with Gasteiger partial charge in [-0.2, -0.15) is 0 Å². The molecule has 0 spiro atoms. The maximum atomic E-state index is 11.9. The molecule has 1 aromatic carbocycles. The van der Waals surface area contributed by atoms with Crippen LogP contribution in [0.5, 0.6) is 5.75 Å². The molecule has 6 nitrogen and oxygen atoms in total. The molecule has 0 aliphatic heterocycles. The number of rotatable bonds is 6. The van der Waals surface area contributed by atoms with Crippen molar-refractivity contribution in [3.05, 3.63) is 29.3 Å². The molecule has 0 unspecified atom stereocenters. The average molecular weight is 504 g/mol. The maximum Gasteiger partial charge on any atom is 0.225 e. The molecule has 160 valence electrons. The topological polar surface area (TPSA) is 74.8 Å². The van der Waals surface area contributed by atoms with E-state index in [2.05, 4.69) is 46.1 Å². The van der Waals surface area contributed by atoms with Gasteiger partial charge in [-0.15, -0.1) is 24.0 Å². The predicted octanol–water partition coefficient (Wildman–Crippen LogP) is 3.62. The number of guanidine groups is 1. The molecule has 0 atom stereocenters. The number of amides is 1. The minimum atomic E-state index is -0.380. The number of carbonyl (C=O) groups is 1. The fraction of sp³-hybridized carbons (Fsp3) is 0.619. The van der Waals surface area contributed by atoms with E-state index >= 15 is 0 Å². The molecule has 28 heavy (non-hydrogen) atoms. The fourth-order valence-electron chi connectivity index (χ4n) is 2.25. The minimum absolute atomic E-state index is 0. The summed E-state index contributed by atoms with van der Waals surface area (Å²) < 4.78 is 6.09. The monoisotopic (exact) mass is 504 g/mol. The number of nitrogens with one attached hydrogen (secondary N) is 3. The van der Waals surface area contributed by atoms with E-state index in [1.54, 1.807) is 7.05 Å². The SMILES string of the molecule is CN=C(NCCNC(=O)C(C)(C)C)NCc1ccc(C)cc1OC(C)(C)C.I. The summed E-state index contributed by atoms with van der Waals surface area (Å²) >= 11 is 0. The van der Waals surface area contributed by atoms with Gasteiger partial charge in [0.2, 0.25) is 5.91 Å². The summed E-state index contributed by atoms with van der Waals surface area (Å²) in [5.74, 6) is 1.60. The van der Waals surface area contributed by atoms with E-state index in [1.807, 2.05) is 41.5 Å². The van der Waals surface area contributed by atoms with Gasteiger partial charge < -0.3 is 20.7 Å². The predicted molar refractivity (Wildman–Crippen MR) is 128 cm³/mol. The molecule has 0 bridgehead atoms. The van der Waals surface area contributed by atoms with Gasteiger partial charge in [0, 0.05) is 37.7 Å². The number of carbonyl (C=O) groups excluding carboxylic acids is 1. The van der Waals surface area contributed by atoms with Gasteiger partial charge in [-0.1, -0.05) is 32.9 Å². The minimum Gasteiger partial charge on any atom is -0.488 e. The lowest BCUT2D eigenvalue weighted by molar-refractivity contribution is -0.128. The Morgan fingerprint density at radius 2 is 1.64 bits per heavy atom. The average Bonchev–Trinajstić information content (AvgIpc) is 2.53. The van der Waals surface area contributed by atoms with Crippen LogP contribution in [0.4, 0.5) is 0 Å². The number of nitrogens with zero attached hydrogens (tertiary/aromatic N) is 1. The zero-order chi connectivity index (χ0) is 20.7. The molecule has 0 fully saturated rings. The molecular weight excluding hydrogens is 467 g/mol. The van der Waals surface area contributed by atoms with Crippen LogP contribution in [0.25, 0.3) is 0 Å². The molecular formula is C21H37IN4O2. The first-order chi connectivity index (χ1) is 12.4. The molecule has 0 saturated heterocycles. The van der Waals surface area contributed by atoms with E-state index in [4.69, 9.17) is 4.74 Å². The molecule has 0 aliphatic rings. The van der Waals surface area contributed by atoms with Crippen molar-refractivity contribution >= 4 is 35.8 Å². The molecule has 3 N–H and O–H groups in total. The second-order valence-electron chi connectivity index (χ2n) is 8.68. The molecule has 1 rings (SSSR count). The van der Waals surface area contributed by atoms with E-state index in [9.17, 15) is 4.79 Å². The lowest BCUT2D eigenvalue weighted by Crippen LogP contribution is -2.43. The molecule has 1 amide bonds. The Hall–Kier alpha value is -1.51. The number of benzene rings is 1. The van der Waals surface area contributed by atoms with Gasteiger partial charge in [0.15, 0.2) is 5.96 Å². The quantitative estimate of drug-likeness (QED) is 0.240. The summed E-state index contributed by atoms with van der Waals surface area (Å²) in [7, 11) is 1.73. The summed E-state index contributed by atoms with van der Waals surface area (Å²) in [6.45, 7) is 15.6. The van der Waals surface area contributed by atoms with Crippen LogP contribution in [0.1, 0.15) is 52.7 Å². The van der Waals surface area contributed by atoms with Gasteiger partial charge in [0.25, 0.3) is 0 Å². The van der Waals surface area contributed by atoms with Gasteiger partial charge in [0.1, 0.15) is 11.4 Å². The largest absolute Gasteiger partial charge is 0.488 e. The highest BCUT2D eigenvalue weighted by molar-refractivity contribution is 14.0. The zero-order valence-electron chi connectivity index (χ0n) is 18.5. The Balaban J connectivity index is 0.00000729. The van der Waals surface area contributed by atoms with Crippen LogP contribution in [0, 0.1) is 12.3 Å². The molecule has 0 heterocycles. The van der Waals surface area contributed by atoms with Gasteiger partial charge >= 0.3 is 0 Å². The van der Waals surface area contributed by atoms with E-state index < -0.39 is 0 Å². The Labute approximate surface area is 187 Å². The number of halogens is 1. The van der Waals surface area contributed by atoms with Crippen LogP contribution < -0.4 is 20.7 Å². The maximum absolute atomic E-state index is 11.9. The van der Waals surface area contributed by atoms with Crippen LogP contribution >= 0.6 is 24.0 Å². The van der Waals surface area contributed by atoms with E-state index in [0.717, 1.165) is 16.9 Å². The Morgan fingerprint density at radius 1 is 1.04 bits per heavy atom. The number of aliphatic imine (C=N–C) groups is 1. The smallest absolute Gasteiger partial charge is 0.225 e. The highest BCUT2D eigenvalue weighted by atomic mass is 127. The van der Waals surface area contributed by atoms with Crippen molar-refractivity contribution in [3.63, 3.8) is 0 Å². The summed E-state index contributed by atoms with van der Waals surface area (Å²) in [5, 5.41) is 9.42. The third-order valence-corrected chi connectivity index (χ3v) is 3.69. The van der Waals surface area contributed by atoms with Crippen LogP contribution in [-0.4, -0.2) is 37.6 Å².